The molecular formula is C13H16Cl2N2OS. The highest BCUT2D eigenvalue weighted by Crippen LogP contribution is 2.39. The first kappa shape index (κ1) is 14.9. The first-order valence-electron chi connectivity index (χ1n) is 6.21. The zero-order valence-electron chi connectivity index (χ0n) is 10.7. The molecule has 0 unspecified atom stereocenters. The monoisotopic (exact) mass is 318 g/mol. The van der Waals surface area contributed by atoms with Crippen molar-refractivity contribution in [2.45, 2.75) is 30.4 Å². The molecule has 1 saturated carbocycles. The van der Waals surface area contributed by atoms with Crippen LogP contribution in [0.25, 0.3) is 0 Å². The molecule has 2 rings (SSSR count). The summed E-state index contributed by atoms with van der Waals surface area (Å²) in [7, 11) is 0. The van der Waals surface area contributed by atoms with Crippen LogP contribution in [0.15, 0.2) is 12.3 Å². The van der Waals surface area contributed by atoms with Crippen LogP contribution in [0.2, 0.25) is 10.2 Å². The molecule has 6 heteroatoms. The van der Waals surface area contributed by atoms with Crippen LogP contribution in [-0.4, -0.2) is 28.4 Å². The number of rotatable bonds is 4. The number of aromatic nitrogens is 1. The molecule has 1 fully saturated rings. The fourth-order valence-electron chi connectivity index (χ4n) is 2.40. The maximum Gasteiger partial charge on any atom is 0.253 e. The summed E-state index contributed by atoms with van der Waals surface area (Å²) in [5.41, 5.74) is 0.385. The Kier molecular flexibility index (Phi) is 4.98. The highest BCUT2D eigenvalue weighted by molar-refractivity contribution is 8.00. The SMILES string of the molecule is CSC1(CNC(=O)c2cc(Cl)ncc2Cl)CCCC1. The van der Waals surface area contributed by atoms with Crippen molar-refractivity contribution in [2.24, 2.45) is 0 Å². The van der Waals surface area contributed by atoms with Gasteiger partial charge in [0.1, 0.15) is 5.15 Å². The van der Waals surface area contributed by atoms with Gasteiger partial charge in [0, 0.05) is 17.5 Å². The van der Waals surface area contributed by atoms with Gasteiger partial charge in [0.2, 0.25) is 0 Å². The van der Waals surface area contributed by atoms with E-state index in [0.717, 1.165) is 12.8 Å². The number of hydrogen-bond acceptors (Lipinski definition) is 3. The zero-order chi connectivity index (χ0) is 13.9. The molecule has 1 heterocycles. The third kappa shape index (κ3) is 3.56. The minimum absolute atomic E-state index is 0.180. The summed E-state index contributed by atoms with van der Waals surface area (Å²) in [4.78, 5) is 16.0. The molecule has 1 amide bonds. The minimum Gasteiger partial charge on any atom is -0.351 e. The second kappa shape index (κ2) is 6.33. The van der Waals surface area contributed by atoms with E-state index in [4.69, 9.17) is 23.2 Å². The average molecular weight is 319 g/mol. The molecule has 0 saturated heterocycles. The van der Waals surface area contributed by atoms with Crippen LogP contribution in [0.3, 0.4) is 0 Å². The predicted octanol–water partition coefficient (Wildman–Crippen LogP) is 3.79. The van der Waals surface area contributed by atoms with E-state index >= 15 is 0 Å². The summed E-state index contributed by atoms with van der Waals surface area (Å²) in [6.07, 6.45) is 8.28. The Labute approximate surface area is 127 Å². The van der Waals surface area contributed by atoms with Crippen molar-refractivity contribution in [1.29, 1.82) is 0 Å². The van der Waals surface area contributed by atoms with Crippen molar-refractivity contribution < 1.29 is 4.79 Å². The van der Waals surface area contributed by atoms with E-state index in [1.165, 1.54) is 25.1 Å². The number of carbonyl (C=O) groups is 1. The van der Waals surface area contributed by atoms with Crippen LogP contribution >= 0.6 is 35.0 Å². The normalized spacial score (nSPS) is 17.4. The molecule has 0 aliphatic heterocycles. The van der Waals surface area contributed by atoms with E-state index in [9.17, 15) is 4.79 Å². The molecule has 1 aliphatic rings. The second-order valence-corrected chi connectivity index (χ2v) is 6.83. The van der Waals surface area contributed by atoms with Crippen molar-refractivity contribution in [3.05, 3.63) is 28.0 Å². The first-order chi connectivity index (χ1) is 9.06. The highest BCUT2D eigenvalue weighted by atomic mass is 35.5. The van der Waals surface area contributed by atoms with Crippen LogP contribution in [0.4, 0.5) is 0 Å². The lowest BCUT2D eigenvalue weighted by molar-refractivity contribution is 0.0949. The number of halogens is 2. The summed E-state index contributed by atoms with van der Waals surface area (Å²) in [6, 6.07) is 1.50. The molecule has 1 N–H and O–H groups in total. The molecule has 0 radical (unpaired) electrons. The van der Waals surface area contributed by atoms with E-state index in [2.05, 4.69) is 16.6 Å². The van der Waals surface area contributed by atoms with Crippen molar-refractivity contribution in [3.63, 3.8) is 0 Å². The lowest BCUT2D eigenvalue weighted by Gasteiger charge is -2.27. The van der Waals surface area contributed by atoms with Crippen LogP contribution in [-0.2, 0) is 0 Å². The number of nitrogens with one attached hydrogen (secondary N) is 1. The van der Waals surface area contributed by atoms with Gasteiger partial charge in [-0.1, -0.05) is 36.0 Å². The van der Waals surface area contributed by atoms with Crippen LogP contribution in [0.5, 0.6) is 0 Å². The average Bonchev–Trinajstić information content (AvgIpc) is 2.88. The Bertz CT molecular complexity index is 476. The molecule has 0 bridgehead atoms. The zero-order valence-corrected chi connectivity index (χ0v) is 13.0. The third-order valence-corrected chi connectivity index (χ3v) is 5.51. The molecular weight excluding hydrogens is 303 g/mol. The first-order valence-corrected chi connectivity index (χ1v) is 8.19. The Morgan fingerprint density at radius 1 is 1.47 bits per heavy atom. The van der Waals surface area contributed by atoms with E-state index < -0.39 is 0 Å². The topological polar surface area (TPSA) is 42.0 Å². The Hall–Kier alpha value is -0.450. The van der Waals surface area contributed by atoms with Crippen molar-refractivity contribution in [3.8, 4) is 0 Å². The lowest BCUT2D eigenvalue weighted by Crippen LogP contribution is -2.38. The van der Waals surface area contributed by atoms with Crippen molar-refractivity contribution in [1.82, 2.24) is 10.3 Å². The molecule has 0 spiro atoms. The van der Waals surface area contributed by atoms with E-state index in [1.807, 2.05) is 11.8 Å². The van der Waals surface area contributed by atoms with Gasteiger partial charge in [-0.15, -0.1) is 0 Å². The maximum atomic E-state index is 12.1. The van der Waals surface area contributed by atoms with Crippen LogP contribution < -0.4 is 5.32 Å². The molecule has 1 aliphatic carbocycles. The molecule has 3 nitrogen and oxygen atoms in total. The van der Waals surface area contributed by atoms with Gasteiger partial charge in [-0.05, 0) is 25.2 Å². The smallest absolute Gasteiger partial charge is 0.253 e. The molecule has 104 valence electrons. The lowest BCUT2D eigenvalue weighted by atomic mass is 10.1. The molecule has 19 heavy (non-hydrogen) atoms. The highest BCUT2D eigenvalue weighted by Gasteiger charge is 2.33. The van der Waals surface area contributed by atoms with Crippen molar-refractivity contribution >= 4 is 40.9 Å². The van der Waals surface area contributed by atoms with E-state index in [-0.39, 0.29) is 15.8 Å². The maximum absolute atomic E-state index is 12.1. The fraction of sp³-hybridized carbons (Fsp3) is 0.538. The Morgan fingerprint density at radius 3 is 2.79 bits per heavy atom. The third-order valence-electron chi connectivity index (χ3n) is 3.59. The number of hydrogen-bond donors (Lipinski definition) is 1. The van der Waals surface area contributed by atoms with Crippen LogP contribution in [0.1, 0.15) is 36.0 Å². The van der Waals surface area contributed by atoms with Gasteiger partial charge in [-0.2, -0.15) is 11.8 Å². The van der Waals surface area contributed by atoms with E-state index in [1.54, 1.807) is 0 Å². The predicted molar refractivity (Wildman–Crippen MR) is 81.3 cm³/mol. The van der Waals surface area contributed by atoms with Crippen LogP contribution in [0, 0.1) is 0 Å². The number of amides is 1. The summed E-state index contributed by atoms with van der Waals surface area (Å²) >= 11 is 13.6. The molecule has 1 aromatic rings. The summed E-state index contributed by atoms with van der Waals surface area (Å²) in [6.45, 7) is 0.670. The van der Waals surface area contributed by atoms with Crippen molar-refractivity contribution in [2.75, 3.05) is 12.8 Å². The molecule has 0 atom stereocenters. The van der Waals surface area contributed by atoms with Gasteiger partial charge >= 0.3 is 0 Å². The number of carbonyl (C=O) groups excluding carboxylic acids is 1. The van der Waals surface area contributed by atoms with Gasteiger partial charge in [-0.3, -0.25) is 4.79 Å². The summed E-state index contributed by atoms with van der Waals surface area (Å²) < 4.78 is 0.180. The Morgan fingerprint density at radius 2 is 2.16 bits per heavy atom. The number of thioether (sulfide) groups is 1. The number of nitrogens with zero attached hydrogens (tertiary/aromatic N) is 1. The van der Waals surface area contributed by atoms with Gasteiger partial charge in [-0.25, -0.2) is 4.98 Å². The van der Waals surface area contributed by atoms with E-state index in [0.29, 0.717) is 17.1 Å². The second-order valence-electron chi connectivity index (χ2n) is 4.76. The molecule has 1 aromatic heterocycles. The van der Waals surface area contributed by atoms with Gasteiger partial charge in [0.15, 0.2) is 0 Å². The van der Waals surface area contributed by atoms with Gasteiger partial charge < -0.3 is 5.32 Å². The minimum atomic E-state index is -0.186. The van der Waals surface area contributed by atoms with Gasteiger partial charge in [0.25, 0.3) is 5.91 Å². The quantitative estimate of drug-likeness (QED) is 0.859. The standard InChI is InChI=1S/C13H16Cl2N2OS/c1-19-13(4-2-3-5-13)8-17-12(18)9-6-11(15)16-7-10(9)14/h6-7H,2-5,8H2,1H3,(H,17,18). The Balaban J connectivity index is 2.03. The summed E-state index contributed by atoms with van der Waals surface area (Å²) in [5, 5.41) is 3.57. The number of pyridine rings is 1. The summed E-state index contributed by atoms with van der Waals surface area (Å²) in [5.74, 6) is -0.186. The molecule has 0 aromatic carbocycles. The van der Waals surface area contributed by atoms with Gasteiger partial charge in [0.05, 0.1) is 10.6 Å². The fourth-order valence-corrected chi connectivity index (χ4v) is 3.66. The largest absolute Gasteiger partial charge is 0.351 e.